The smallest absolute Gasteiger partial charge is 0.251 e. The van der Waals surface area contributed by atoms with Crippen LogP contribution in [0.15, 0.2) is 29.3 Å². The molecule has 0 heterocycles. The highest BCUT2D eigenvalue weighted by molar-refractivity contribution is 14.0. The number of hydrogen-bond acceptors (Lipinski definition) is 3. The van der Waals surface area contributed by atoms with Crippen molar-refractivity contribution in [3.05, 3.63) is 35.4 Å². The van der Waals surface area contributed by atoms with E-state index in [1.54, 1.807) is 7.05 Å². The normalized spacial score (nSPS) is 12.3. The minimum absolute atomic E-state index is 0. The Morgan fingerprint density at radius 1 is 1.19 bits per heavy atom. The van der Waals surface area contributed by atoms with Crippen LogP contribution in [0.2, 0.25) is 0 Å². The van der Waals surface area contributed by atoms with Gasteiger partial charge in [0.1, 0.15) is 0 Å². The van der Waals surface area contributed by atoms with Gasteiger partial charge in [0.05, 0.1) is 6.54 Å². The first-order chi connectivity index (χ1) is 12.5. The summed E-state index contributed by atoms with van der Waals surface area (Å²) in [6.45, 7) is 8.77. The molecule has 1 unspecified atom stereocenters. The maximum Gasteiger partial charge on any atom is 0.251 e. The summed E-state index contributed by atoms with van der Waals surface area (Å²) in [5, 5.41) is 18.5. The van der Waals surface area contributed by atoms with Gasteiger partial charge in [-0.2, -0.15) is 0 Å². The Labute approximate surface area is 180 Å². The number of rotatable bonds is 10. The summed E-state index contributed by atoms with van der Waals surface area (Å²) in [6, 6.07) is 7.46. The monoisotopic (exact) mass is 490 g/mol. The second-order valence-electron chi connectivity index (χ2n) is 6.86. The van der Waals surface area contributed by atoms with Crippen molar-refractivity contribution in [2.45, 2.75) is 40.2 Å². The molecule has 1 atom stereocenters. The summed E-state index contributed by atoms with van der Waals surface area (Å²) in [4.78, 5) is 16.2. The number of hydrogen-bond donors (Lipinski definition) is 4. The van der Waals surface area contributed by atoms with Gasteiger partial charge in [0.15, 0.2) is 5.96 Å². The van der Waals surface area contributed by atoms with Crippen molar-refractivity contribution in [2.24, 2.45) is 16.8 Å². The molecule has 0 saturated heterocycles. The fourth-order valence-electron chi connectivity index (χ4n) is 2.81. The van der Waals surface area contributed by atoms with Gasteiger partial charge < -0.3 is 21.1 Å². The number of aliphatic hydroxyl groups excluding tert-OH is 1. The van der Waals surface area contributed by atoms with Crippen LogP contribution in [-0.2, 0) is 6.54 Å². The van der Waals surface area contributed by atoms with E-state index in [-0.39, 0.29) is 36.5 Å². The largest absolute Gasteiger partial charge is 0.396 e. The molecule has 0 aliphatic heterocycles. The molecule has 27 heavy (non-hydrogen) atoms. The number of guanidine groups is 1. The lowest BCUT2D eigenvalue weighted by atomic mass is 9.94. The molecule has 0 bridgehead atoms. The number of carbonyl (C=O) groups is 1. The molecule has 1 aromatic rings. The van der Waals surface area contributed by atoms with E-state index in [1.165, 1.54) is 0 Å². The Hall–Kier alpha value is -1.35. The van der Waals surface area contributed by atoms with Crippen molar-refractivity contribution in [3.8, 4) is 0 Å². The lowest BCUT2D eigenvalue weighted by molar-refractivity contribution is 0.0963. The third kappa shape index (κ3) is 10.5. The molecule has 0 spiro atoms. The second-order valence-corrected chi connectivity index (χ2v) is 6.86. The van der Waals surface area contributed by atoms with Crippen molar-refractivity contribution in [3.63, 3.8) is 0 Å². The van der Waals surface area contributed by atoms with E-state index in [4.69, 9.17) is 0 Å². The second kappa shape index (κ2) is 14.7. The number of benzene rings is 1. The van der Waals surface area contributed by atoms with Crippen LogP contribution in [-0.4, -0.2) is 43.7 Å². The van der Waals surface area contributed by atoms with Crippen molar-refractivity contribution in [2.75, 3.05) is 26.7 Å². The van der Waals surface area contributed by atoms with E-state index in [1.807, 2.05) is 31.2 Å². The molecule has 0 aliphatic carbocycles. The highest BCUT2D eigenvalue weighted by atomic mass is 127. The zero-order valence-corrected chi connectivity index (χ0v) is 19.2. The Bertz CT molecular complexity index is 562. The minimum Gasteiger partial charge on any atom is -0.396 e. The Morgan fingerprint density at radius 3 is 2.37 bits per heavy atom. The SMILES string of the molecule is CCNC(=NCc1ccc(C(=O)NC)cc1)NCC(CCO)CC(C)C.I. The fourth-order valence-corrected chi connectivity index (χ4v) is 2.81. The van der Waals surface area contributed by atoms with Gasteiger partial charge in [-0.1, -0.05) is 26.0 Å². The number of aliphatic imine (C=N–C) groups is 1. The Morgan fingerprint density at radius 2 is 1.85 bits per heavy atom. The Balaban J connectivity index is 0.00000676. The van der Waals surface area contributed by atoms with E-state index >= 15 is 0 Å². The predicted octanol–water partition coefficient (Wildman–Crippen LogP) is 2.76. The van der Waals surface area contributed by atoms with Crippen molar-refractivity contribution in [1.82, 2.24) is 16.0 Å². The first kappa shape index (κ1) is 25.6. The van der Waals surface area contributed by atoms with Crippen molar-refractivity contribution >= 4 is 35.8 Å². The molecule has 1 aromatic carbocycles. The molecule has 0 aliphatic rings. The predicted molar refractivity (Wildman–Crippen MR) is 123 cm³/mol. The van der Waals surface area contributed by atoms with Crippen LogP contribution in [0.4, 0.5) is 0 Å². The fraction of sp³-hybridized carbons (Fsp3) is 0.600. The quantitative estimate of drug-likeness (QED) is 0.231. The van der Waals surface area contributed by atoms with Crippen LogP contribution >= 0.6 is 24.0 Å². The third-order valence-corrected chi connectivity index (χ3v) is 4.11. The molecule has 154 valence electrons. The number of halogens is 1. The first-order valence-electron chi connectivity index (χ1n) is 9.44. The van der Waals surface area contributed by atoms with E-state index in [2.05, 4.69) is 34.8 Å². The van der Waals surface area contributed by atoms with Crippen LogP contribution in [0.1, 0.15) is 49.5 Å². The summed E-state index contributed by atoms with van der Waals surface area (Å²) >= 11 is 0. The standard InChI is InChI=1S/C20H34N4O2.HI/c1-5-22-20(24-14-17(10-11-25)12-15(2)3)23-13-16-6-8-18(9-7-16)19(26)21-4;/h6-9,15,17,25H,5,10-14H2,1-4H3,(H,21,26)(H2,22,23,24);1H. The molecule has 6 nitrogen and oxygen atoms in total. The third-order valence-electron chi connectivity index (χ3n) is 4.11. The average Bonchev–Trinajstić information content (AvgIpc) is 2.63. The van der Waals surface area contributed by atoms with Gasteiger partial charge in [0.25, 0.3) is 5.91 Å². The summed E-state index contributed by atoms with van der Waals surface area (Å²) < 4.78 is 0. The molecule has 7 heteroatoms. The zero-order chi connectivity index (χ0) is 19.4. The van der Waals surface area contributed by atoms with Gasteiger partial charge in [-0.3, -0.25) is 4.79 Å². The molecule has 0 saturated carbocycles. The van der Waals surface area contributed by atoms with Crippen molar-refractivity contribution in [1.29, 1.82) is 0 Å². The molecule has 0 fully saturated rings. The lowest BCUT2D eigenvalue weighted by Crippen LogP contribution is -2.40. The topological polar surface area (TPSA) is 85.8 Å². The summed E-state index contributed by atoms with van der Waals surface area (Å²) in [5.41, 5.74) is 1.69. The molecule has 0 aromatic heterocycles. The number of nitrogens with one attached hydrogen (secondary N) is 3. The zero-order valence-electron chi connectivity index (χ0n) is 16.9. The molecule has 1 rings (SSSR count). The molecule has 1 amide bonds. The van der Waals surface area contributed by atoms with Gasteiger partial charge in [0, 0.05) is 32.3 Å². The number of aliphatic hydroxyl groups is 1. The van der Waals surface area contributed by atoms with Crippen LogP contribution in [0, 0.1) is 11.8 Å². The van der Waals surface area contributed by atoms with Gasteiger partial charge in [0.2, 0.25) is 0 Å². The van der Waals surface area contributed by atoms with Gasteiger partial charge in [-0.05, 0) is 49.3 Å². The number of nitrogens with zero attached hydrogens (tertiary/aromatic N) is 1. The minimum atomic E-state index is -0.0878. The maximum atomic E-state index is 11.6. The van der Waals surface area contributed by atoms with E-state index < -0.39 is 0 Å². The molecule has 0 radical (unpaired) electrons. The number of amides is 1. The summed E-state index contributed by atoms with van der Waals surface area (Å²) in [6.07, 6.45) is 1.87. The van der Waals surface area contributed by atoms with Crippen molar-refractivity contribution < 1.29 is 9.90 Å². The van der Waals surface area contributed by atoms with Gasteiger partial charge in [-0.25, -0.2) is 4.99 Å². The number of carbonyl (C=O) groups excluding carboxylic acids is 1. The highest BCUT2D eigenvalue weighted by Gasteiger charge is 2.11. The van der Waals surface area contributed by atoms with E-state index in [0.29, 0.717) is 23.9 Å². The summed E-state index contributed by atoms with van der Waals surface area (Å²) in [7, 11) is 1.62. The van der Waals surface area contributed by atoms with E-state index in [0.717, 1.165) is 37.5 Å². The Kier molecular flexibility index (Phi) is 13.9. The lowest BCUT2D eigenvalue weighted by Gasteiger charge is -2.20. The van der Waals surface area contributed by atoms with Gasteiger partial charge in [-0.15, -0.1) is 24.0 Å². The highest BCUT2D eigenvalue weighted by Crippen LogP contribution is 2.14. The molecule has 4 N–H and O–H groups in total. The summed E-state index contributed by atoms with van der Waals surface area (Å²) in [5.74, 6) is 1.71. The van der Waals surface area contributed by atoms with E-state index in [9.17, 15) is 9.90 Å². The van der Waals surface area contributed by atoms with Crippen LogP contribution in [0.5, 0.6) is 0 Å². The molecular weight excluding hydrogens is 455 g/mol. The molecular formula is C20H35IN4O2. The van der Waals surface area contributed by atoms with Gasteiger partial charge >= 0.3 is 0 Å². The van der Waals surface area contributed by atoms with Crippen LogP contribution in [0.25, 0.3) is 0 Å². The van der Waals surface area contributed by atoms with Crippen LogP contribution in [0.3, 0.4) is 0 Å². The first-order valence-corrected chi connectivity index (χ1v) is 9.44. The maximum absolute atomic E-state index is 11.6. The average molecular weight is 490 g/mol. The van der Waals surface area contributed by atoms with Crippen LogP contribution < -0.4 is 16.0 Å².